The minimum absolute atomic E-state index is 0.0506. The molecule has 2 N–H and O–H groups in total. The molecule has 0 aromatic heterocycles. The van der Waals surface area contributed by atoms with E-state index in [0.717, 1.165) is 5.56 Å². The van der Waals surface area contributed by atoms with E-state index in [4.69, 9.17) is 16.3 Å². The van der Waals surface area contributed by atoms with Crippen molar-refractivity contribution in [2.45, 2.75) is 5.75 Å². The van der Waals surface area contributed by atoms with Crippen LogP contribution in [0.2, 0.25) is 5.02 Å². The van der Waals surface area contributed by atoms with Crippen LogP contribution in [0.25, 0.3) is 0 Å². The molecule has 0 spiro atoms. The fourth-order valence-corrected chi connectivity index (χ4v) is 2.96. The summed E-state index contributed by atoms with van der Waals surface area (Å²) >= 11 is 7.52. The van der Waals surface area contributed by atoms with Crippen LogP contribution in [-0.2, 0) is 10.5 Å². The molecule has 0 atom stereocenters. The van der Waals surface area contributed by atoms with Gasteiger partial charge in [0, 0.05) is 10.8 Å². The molecule has 2 rings (SSSR count). The van der Waals surface area contributed by atoms with E-state index in [2.05, 4.69) is 10.5 Å². The number of aromatic hydroxyl groups is 1. The zero-order valence-electron chi connectivity index (χ0n) is 13.0. The maximum atomic E-state index is 11.7. The zero-order valence-corrected chi connectivity index (χ0v) is 14.6. The van der Waals surface area contributed by atoms with Crippen molar-refractivity contribution >= 4 is 35.5 Å². The maximum Gasteiger partial charge on any atom is 0.250 e. The zero-order chi connectivity index (χ0) is 17.4. The van der Waals surface area contributed by atoms with Crippen LogP contribution < -0.4 is 10.2 Å². The average molecular weight is 365 g/mol. The van der Waals surface area contributed by atoms with Gasteiger partial charge in [-0.05, 0) is 35.4 Å². The second kappa shape index (κ2) is 9.20. The molecule has 0 unspecified atom stereocenters. The number of methoxy groups -OCH3 is 1. The molecule has 0 bridgehead atoms. The summed E-state index contributed by atoms with van der Waals surface area (Å²) in [4.78, 5) is 11.7. The minimum Gasteiger partial charge on any atom is -0.504 e. The van der Waals surface area contributed by atoms with Gasteiger partial charge in [0.2, 0.25) is 5.91 Å². The van der Waals surface area contributed by atoms with E-state index in [1.807, 2.05) is 24.3 Å². The van der Waals surface area contributed by atoms with Gasteiger partial charge in [-0.2, -0.15) is 5.10 Å². The summed E-state index contributed by atoms with van der Waals surface area (Å²) in [5.41, 5.74) is 4.16. The fourth-order valence-electron chi connectivity index (χ4n) is 1.85. The van der Waals surface area contributed by atoms with Crippen molar-refractivity contribution < 1.29 is 14.6 Å². The predicted molar refractivity (Wildman–Crippen MR) is 98.0 cm³/mol. The molecule has 7 heteroatoms. The fraction of sp³-hybridized carbons (Fsp3) is 0.176. The molecule has 2 aromatic rings. The number of hydrazone groups is 1. The van der Waals surface area contributed by atoms with Crippen LogP contribution in [0.15, 0.2) is 47.6 Å². The molecule has 2 aromatic carbocycles. The van der Waals surface area contributed by atoms with E-state index < -0.39 is 0 Å². The van der Waals surface area contributed by atoms with Crippen molar-refractivity contribution in [3.05, 3.63) is 58.6 Å². The first kappa shape index (κ1) is 18.2. The van der Waals surface area contributed by atoms with E-state index in [1.54, 1.807) is 12.1 Å². The molecule has 0 aliphatic carbocycles. The Bertz CT molecular complexity index is 738. The summed E-state index contributed by atoms with van der Waals surface area (Å²) in [6.07, 6.45) is 1.48. The molecule has 0 aliphatic rings. The number of phenols is 1. The standard InChI is InChI=1S/C17H17ClN2O3S/c1-23-16-8-12(6-7-15(16)21)9-19-20-17(22)11-24-10-13-4-2-3-5-14(13)18/h2-9,21H,10-11H2,1H3,(H,20,22)/b19-9-. The lowest BCUT2D eigenvalue weighted by atomic mass is 10.2. The van der Waals surface area contributed by atoms with Crippen LogP contribution in [0.1, 0.15) is 11.1 Å². The number of nitrogens with one attached hydrogen (secondary N) is 1. The van der Waals surface area contributed by atoms with E-state index in [-0.39, 0.29) is 17.4 Å². The van der Waals surface area contributed by atoms with Crippen LogP contribution >= 0.6 is 23.4 Å². The molecular formula is C17H17ClN2O3S. The number of phenolic OH excluding ortho intramolecular Hbond substituents is 1. The van der Waals surface area contributed by atoms with Crippen molar-refractivity contribution in [3.63, 3.8) is 0 Å². The van der Waals surface area contributed by atoms with Gasteiger partial charge >= 0.3 is 0 Å². The molecular weight excluding hydrogens is 348 g/mol. The SMILES string of the molecule is COc1cc(/C=N\NC(=O)CSCc2ccccc2Cl)ccc1O. The molecule has 0 fully saturated rings. The first-order valence-corrected chi connectivity index (χ1v) is 8.63. The molecule has 0 aliphatic heterocycles. The van der Waals surface area contributed by atoms with Crippen molar-refractivity contribution in [3.8, 4) is 11.5 Å². The topological polar surface area (TPSA) is 70.9 Å². The first-order chi connectivity index (χ1) is 11.6. The highest BCUT2D eigenvalue weighted by Crippen LogP contribution is 2.25. The third kappa shape index (κ3) is 5.47. The molecule has 1 amide bonds. The quantitative estimate of drug-likeness (QED) is 0.583. The van der Waals surface area contributed by atoms with Crippen LogP contribution in [0.4, 0.5) is 0 Å². The number of nitrogens with zero attached hydrogens (tertiary/aromatic N) is 1. The Balaban J connectivity index is 1.77. The molecule has 24 heavy (non-hydrogen) atoms. The third-order valence-corrected chi connectivity index (χ3v) is 4.41. The average Bonchev–Trinajstić information content (AvgIpc) is 2.58. The van der Waals surface area contributed by atoms with Gasteiger partial charge in [-0.1, -0.05) is 29.8 Å². The summed E-state index contributed by atoms with van der Waals surface area (Å²) in [6.45, 7) is 0. The van der Waals surface area contributed by atoms with E-state index in [9.17, 15) is 9.90 Å². The number of benzene rings is 2. The second-order valence-electron chi connectivity index (χ2n) is 4.81. The number of amides is 1. The molecule has 126 valence electrons. The van der Waals surface area contributed by atoms with Crippen LogP contribution in [-0.4, -0.2) is 30.1 Å². The van der Waals surface area contributed by atoms with Gasteiger partial charge in [0.1, 0.15) is 0 Å². The lowest BCUT2D eigenvalue weighted by molar-refractivity contribution is -0.118. The maximum absolute atomic E-state index is 11.7. The summed E-state index contributed by atoms with van der Waals surface area (Å²) in [5, 5.41) is 14.1. The van der Waals surface area contributed by atoms with Crippen molar-refractivity contribution in [2.24, 2.45) is 5.10 Å². The van der Waals surface area contributed by atoms with Crippen LogP contribution in [0.3, 0.4) is 0 Å². The van der Waals surface area contributed by atoms with Gasteiger partial charge in [-0.25, -0.2) is 5.43 Å². The molecule has 0 saturated heterocycles. The molecule has 0 saturated carbocycles. The second-order valence-corrected chi connectivity index (χ2v) is 6.20. The lowest BCUT2D eigenvalue weighted by Crippen LogP contribution is -2.19. The highest BCUT2D eigenvalue weighted by Gasteiger charge is 2.04. The Labute approximate surface area is 149 Å². The van der Waals surface area contributed by atoms with Crippen molar-refractivity contribution in [2.75, 3.05) is 12.9 Å². The highest BCUT2D eigenvalue weighted by molar-refractivity contribution is 7.99. The van der Waals surface area contributed by atoms with Crippen LogP contribution in [0, 0.1) is 0 Å². The Morgan fingerprint density at radius 2 is 2.17 bits per heavy atom. The van der Waals surface area contributed by atoms with Gasteiger partial charge in [0.15, 0.2) is 11.5 Å². The lowest BCUT2D eigenvalue weighted by Gasteiger charge is -2.04. The number of carbonyl (C=O) groups is 1. The summed E-state index contributed by atoms with van der Waals surface area (Å²) in [6, 6.07) is 12.3. The van der Waals surface area contributed by atoms with E-state index >= 15 is 0 Å². The number of halogens is 1. The highest BCUT2D eigenvalue weighted by atomic mass is 35.5. The van der Waals surface area contributed by atoms with E-state index in [1.165, 1.54) is 31.2 Å². The first-order valence-electron chi connectivity index (χ1n) is 7.10. The van der Waals surface area contributed by atoms with Crippen molar-refractivity contribution in [1.82, 2.24) is 5.43 Å². The van der Waals surface area contributed by atoms with Gasteiger partial charge in [-0.15, -0.1) is 11.8 Å². The molecule has 0 heterocycles. The van der Waals surface area contributed by atoms with Gasteiger partial charge in [0.25, 0.3) is 0 Å². The number of carbonyl (C=O) groups excluding carboxylic acids is 1. The Morgan fingerprint density at radius 3 is 2.92 bits per heavy atom. The molecule has 0 radical (unpaired) electrons. The Hall–Kier alpha value is -2.18. The monoisotopic (exact) mass is 364 g/mol. The third-order valence-electron chi connectivity index (χ3n) is 3.06. The number of hydrogen-bond donors (Lipinski definition) is 2. The normalized spacial score (nSPS) is 10.8. The number of rotatable bonds is 7. The largest absolute Gasteiger partial charge is 0.504 e. The Kier molecular flexibility index (Phi) is 6.96. The van der Waals surface area contributed by atoms with Gasteiger partial charge < -0.3 is 9.84 Å². The van der Waals surface area contributed by atoms with Crippen molar-refractivity contribution in [1.29, 1.82) is 0 Å². The summed E-state index contributed by atoms with van der Waals surface area (Å²) in [5.74, 6) is 1.14. The van der Waals surface area contributed by atoms with Gasteiger partial charge in [-0.3, -0.25) is 4.79 Å². The minimum atomic E-state index is -0.200. The summed E-state index contributed by atoms with van der Waals surface area (Å²) < 4.78 is 5.00. The predicted octanol–water partition coefficient (Wildman–Crippen LogP) is 3.44. The Morgan fingerprint density at radius 1 is 1.38 bits per heavy atom. The number of ether oxygens (including phenoxy) is 1. The summed E-state index contributed by atoms with van der Waals surface area (Å²) in [7, 11) is 1.47. The molecule has 5 nitrogen and oxygen atoms in total. The van der Waals surface area contributed by atoms with Gasteiger partial charge in [0.05, 0.1) is 19.1 Å². The van der Waals surface area contributed by atoms with E-state index in [0.29, 0.717) is 22.1 Å². The smallest absolute Gasteiger partial charge is 0.250 e. The van der Waals surface area contributed by atoms with Crippen LogP contribution in [0.5, 0.6) is 11.5 Å². The number of thioether (sulfide) groups is 1. The number of hydrogen-bond acceptors (Lipinski definition) is 5.